The van der Waals surface area contributed by atoms with E-state index in [9.17, 15) is 4.79 Å². The molecule has 3 N–H and O–H groups in total. The van der Waals surface area contributed by atoms with Crippen LogP contribution in [0.4, 0.5) is 5.82 Å². The van der Waals surface area contributed by atoms with Gasteiger partial charge in [-0.3, -0.25) is 4.79 Å². The SMILES string of the molecule is NC(=O)C1=CNc2nc(-c3ccccc3)ncc2C1. The third-order valence-electron chi connectivity index (χ3n) is 2.98. The van der Waals surface area contributed by atoms with Crippen LogP contribution in [0.3, 0.4) is 0 Å². The van der Waals surface area contributed by atoms with Gasteiger partial charge < -0.3 is 11.1 Å². The summed E-state index contributed by atoms with van der Waals surface area (Å²) < 4.78 is 0. The standard InChI is InChI=1S/C14H12N4O/c15-12(19)10-6-11-8-17-13(18-14(11)16-7-10)9-4-2-1-3-5-9/h1-5,7-8H,6H2,(H2,15,19)(H,16,17,18). The van der Waals surface area contributed by atoms with Crippen LogP contribution >= 0.6 is 0 Å². The van der Waals surface area contributed by atoms with Crippen molar-refractivity contribution in [2.75, 3.05) is 5.32 Å². The molecule has 5 heteroatoms. The Balaban J connectivity index is 1.95. The van der Waals surface area contributed by atoms with E-state index < -0.39 is 5.91 Å². The Hall–Kier alpha value is -2.69. The van der Waals surface area contributed by atoms with Crippen molar-refractivity contribution in [1.29, 1.82) is 0 Å². The molecule has 0 aliphatic carbocycles. The highest BCUT2D eigenvalue weighted by molar-refractivity contribution is 5.93. The second-order valence-corrected chi connectivity index (χ2v) is 4.29. The van der Waals surface area contributed by atoms with Crippen LogP contribution in [0, 0.1) is 0 Å². The molecule has 19 heavy (non-hydrogen) atoms. The molecule has 5 nitrogen and oxygen atoms in total. The van der Waals surface area contributed by atoms with Crippen molar-refractivity contribution in [1.82, 2.24) is 9.97 Å². The number of fused-ring (bicyclic) bond motifs is 1. The van der Waals surface area contributed by atoms with Gasteiger partial charge in [-0.2, -0.15) is 0 Å². The normalized spacial score (nSPS) is 13.2. The minimum Gasteiger partial charge on any atom is -0.366 e. The average molecular weight is 252 g/mol. The van der Waals surface area contributed by atoms with Gasteiger partial charge in [-0.25, -0.2) is 9.97 Å². The summed E-state index contributed by atoms with van der Waals surface area (Å²) in [5.74, 6) is 0.951. The maximum absolute atomic E-state index is 11.1. The smallest absolute Gasteiger partial charge is 0.246 e. The number of nitrogens with zero attached hydrogens (tertiary/aromatic N) is 2. The zero-order valence-corrected chi connectivity index (χ0v) is 10.1. The predicted molar refractivity (Wildman–Crippen MR) is 72.1 cm³/mol. The third kappa shape index (κ3) is 2.18. The van der Waals surface area contributed by atoms with Crippen molar-refractivity contribution in [2.45, 2.75) is 6.42 Å². The number of nitrogens with one attached hydrogen (secondary N) is 1. The molecule has 3 rings (SSSR count). The van der Waals surface area contributed by atoms with Crippen LogP contribution in [-0.4, -0.2) is 15.9 Å². The van der Waals surface area contributed by atoms with Crippen LogP contribution in [0.1, 0.15) is 5.56 Å². The first-order chi connectivity index (χ1) is 9.24. The summed E-state index contributed by atoms with van der Waals surface area (Å²) in [5, 5.41) is 2.99. The number of primary amides is 1. The van der Waals surface area contributed by atoms with Crippen molar-refractivity contribution in [3.63, 3.8) is 0 Å². The summed E-state index contributed by atoms with van der Waals surface area (Å²) in [7, 11) is 0. The minimum absolute atomic E-state index is 0.426. The van der Waals surface area contributed by atoms with Crippen molar-refractivity contribution in [2.24, 2.45) is 5.73 Å². The molecule has 1 aliphatic rings. The van der Waals surface area contributed by atoms with Gasteiger partial charge in [-0.05, 0) is 0 Å². The van der Waals surface area contributed by atoms with E-state index in [1.54, 1.807) is 12.4 Å². The highest BCUT2D eigenvalue weighted by Crippen LogP contribution is 2.24. The van der Waals surface area contributed by atoms with Gasteiger partial charge in [0.15, 0.2) is 5.82 Å². The van der Waals surface area contributed by atoms with Crippen molar-refractivity contribution < 1.29 is 4.79 Å². The van der Waals surface area contributed by atoms with E-state index in [1.165, 1.54) is 0 Å². The van der Waals surface area contributed by atoms with Gasteiger partial charge in [0.2, 0.25) is 5.91 Å². The summed E-state index contributed by atoms with van der Waals surface area (Å²) in [4.78, 5) is 19.9. The second-order valence-electron chi connectivity index (χ2n) is 4.29. The summed E-state index contributed by atoms with van der Waals surface area (Å²) in [6, 6.07) is 9.74. The molecular weight excluding hydrogens is 240 g/mol. The second kappa shape index (κ2) is 4.53. The summed E-state index contributed by atoms with van der Waals surface area (Å²) in [6.07, 6.45) is 3.80. The number of aromatic nitrogens is 2. The van der Waals surface area contributed by atoms with Crippen LogP contribution in [-0.2, 0) is 11.2 Å². The predicted octanol–water partition coefficient (Wildman–Crippen LogP) is 1.48. The lowest BCUT2D eigenvalue weighted by Crippen LogP contribution is -2.20. The Kier molecular flexibility index (Phi) is 2.72. The molecule has 0 unspecified atom stereocenters. The average Bonchev–Trinajstić information content (AvgIpc) is 2.47. The van der Waals surface area contributed by atoms with Crippen LogP contribution in [0.25, 0.3) is 11.4 Å². The Morgan fingerprint density at radius 3 is 2.79 bits per heavy atom. The van der Waals surface area contributed by atoms with Crippen molar-refractivity contribution >= 4 is 11.7 Å². The van der Waals surface area contributed by atoms with E-state index in [0.29, 0.717) is 17.8 Å². The quantitative estimate of drug-likeness (QED) is 0.848. The van der Waals surface area contributed by atoms with Crippen LogP contribution in [0.5, 0.6) is 0 Å². The molecule has 0 spiro atoms. The molecule has 2 aromatic rings. The molecule has 0 saturated carbocycles. The molecule has 0 fully saturated rings. The topological polar surface area (TPSA) is 80.9 Å². The first-order valence-corrected chi connectivity index (χ1v) is 5.91. The maximum atomic E-state index is 11.1. The van der Waals surface area contributed by atoms with Gasteiger partial charge in [-0.15, -0.1) is 0 Å². The third-order valence-corrected chi connectivity index (χ3v) is 2.98. The molecule has 1 amide bonds. The van der Waals surface area contributed by atoms with Gasteiger partial charge >= 0.3 is 0 Å². The first kappa shape index (κ1) is 11.4. The first-order valence-electron chi connectivity index (χ1n) is 5.91. The Morgan fingerprint density at radius 1 is 1.26 bits per heavy atom. The molecule has 0 bridgehead atoms. The van der Waals surface area contributed by atoms with E-state index >= 15 is 0 Å². The molecule has 1 aromatic carbocycles. The fraction of sp³-hybridized carbons (Fsp3) is 0.0714. The molecule has 2 heterocycles. The molecule has 0 saturated heterocycles. The highest BCUT2D eigenvalue weighted by Gasteiger charge is 2.16. The fourth-order valence-corrected chi connectivity index (χ4v) is 1.96. The number of carbonyl (C=O) groups excluding carboxylic acids is 1. The lowest BCUT2D eigenvalue weighted by molar-refractivity contribution is -0.114. The fourth-order valence-electron chi connectivity index (χ4n) is 1.96. The number of anilines is 1. The molecule has 94 valence electrons. The van der Waals surface area contributed by atoms with E-state index in [0.717, 1.165) is 16.9 Å². The highest BCUT2D eigenvalue weighted by atomic mass is 16.1. The number of hydrogen-bond acceptors (Lipinski definition) is 4. The van der Waals surface area contributed by atoms with Gasteiger partial charge in [0.1, 0.15) is 5.82 Å². The lowest BCUT2D eigenvalue weighted by atomic mass is 10.0. The van der Waals surface area contributed by atoms with Crippen LogP contribution in [0.2, 0.25) is 0 Å². The number of carbonyl (C=O) groups is 1. The maximum Gasteiger partial charge on any atom is 0.246 e. The number of amides is 1. The number of rotatable bonds is 2. The summed E-state index contributed by atoms with van der Waals surface area (Å²) in [5.41, 5.74) is 7.61. The number of nitrogens with two attached hydrogens (primary N) is 1. The Bertz CT molecular complexity index is 664. The van der Waals surface area contributed by atoms with Crippen LogP contribution < -0.4 is 11.1 Å². The van der Waals surface area contributed by atoms with Crippen molar-refractivity contribution in [3.05, 3.63) is 53.9 Å². The lowest BCUT2D eigenvalue weighted by Gasteiger charge is -2.15. The zero-order valence-electron chi connectivity index (χ0n) is 10.1. The van der Waals surface area contributed by atoms with E-state index in [4.69, 9.17) is 5.73 Å². The van der Waals surface area contributed by atoms with Gasteiger partial charge in [0.25, 0.3) is 0 Å². The van der Waals surface area contributed by atoms with Crippen molar-refractivity contribution in [3.8, 4) is 11.4 Å². The molecule has 1 aliphatic heterocycles. The number of hydrogen-bond donors (Lipinski definition) is 2. The number of benzene rings is 1. The van der Waals surface area contributed by atoms with Gasteiger partial charge in [0, 0.05) is 35.5 Å². The minimum atomic E-state index is -0.426. The molecule has 0 atom stereocenters. The summed E-state index contributed by atoms with van der Waals surface area (Å²) >= 11 is 0. The molecule has 0 radical (unpaired) electrons. The zero-order chi connectivity index (χ0) is 13.2. The van der Waals surface area contributed by atoms with E-state index in [-0.39, 0.29) is 0 Å². The van der Waals surface area contributed by atoms with Gasteiger partial charge in [0.05, 0.1) is 0 Å². The monoisotopic (exact) mass is 252 g/mol. The largest absolute Gasteiger partial charge is 0.366 e. The molecular formula is C14H12N4O. The van der Waals surface area contributed by atoms with E-state index in [1.807, 2.05) is 30.3 Å². The van der Waals surface area contributed by atoms with Gasteiger partial charge in [-0.1, -0.05) is 30.3 Å². The van der Waals surface area contributed by atoms with E-state index in [2.05, 4.69) is 15.3 Å². The molecule has 1 aromatic heterocycles. The Morgan fingerprint density at radius 2 is 2.05 bits per heavy atom. The summed E-state index contributed by atoms with van der Waals surface area (Å²) in [6.45, 7) is 0. The Labute approximate surface area is 110 Å². The van der Waals surface area contributed by atoms with Crippen LogP contribution in [0.15, 0.2) is 48.3 Å².